The van der Waals surface area contributed by atoms with Gasteiger partial charge in [0.25, 0.3) is 0 Å². The number of aliphatic hydroxyl groups is 1. The van der Waals surface area contributed by atoms with Crippen molar-refractivity contribution in [3.8, 4) is 0 Å². The van der Waals surface area contributed by atoms with E-state index in [2.05, 4.69) is 58.9 Å². The van der Waals surface area contributed by atoms with Crippen LogP contribution in [0.15, 0.2) is 24.3 Å². The lowest BCUT2D eigenvalue weighted by Crippen LogP contribution is -2.30. The Morgan fingerprint density at radius 2 is 0.659 bits per heavy atom. The van der Waals surface area contributed by atoms with Crippen LogP contribution in [0.5, 0.6) is 0 Å². The summed E-state index contributed by atoms with van der Waals surface area (Å²) in [6, 6.07) is 0. The minimum absolute atomic E-state index is 0.0852. The average Bonchev–Trinajstić information content (AvgIpc) is 3.53. The number of esters is 4. The number of ether oxygens (including phenoxy) is 4. The van der Waals surface area contributed by atoms with Crippen LogP contribution in [0.1, 0.15) is 311 Å². The fourth-order valence-corrected chi connectivity index (χ4v) is 10.9. The maximum atomic E-state index is 13.0. The molecule has 3 N–H and O–H groups in total. The van der Waals surface area contributed by atoms with Crippen molar-refractivity contribution in [1.82, 2.24) is 0 Å². The Morgan fingerprint density at radius 3 is 1.00 bits per heavy atom. The first-order valence-electron chi connectivity index (χ1n) is 34.0. The summed E-state index contributed by atoms with van der Waals surface area (Å²) < 4.78 is 67.9. The van der Waals surface area contributed by atoms with E-state index in [1.54, 1.807) is 0 Å². The molecule has 0 bridgehead atoms. The third-order valence-electron chi connectivity index (χ3n) is 15.0. The van der Waals surface area contributed by atoms with E-state index in [4.69, 9.17) is 37.0 Å². The second-order valence-corrected chi connectivity index (χ2v) is 26.3. The highest BCUT2D eigenvalue weighted by atomic mass is 31.2. The molecule has 0 aliphatic rings. The highest BCUT2D eigenvalue weighted by Gasteiger charge is 2.30. The van der Waals surface area contributed by atoms with Gasteiger partial charge in [0.15, 0.2) is 12.2 Å². The number of hydrogen-bond donors (Lipinski definition) is 3. The van der Waals surface area contributed by atoms with Crippen LogP contribution >= 0.6 is 15.6 Å². The van der Waals surface area contributed by atoms with E-state index in [9.17, 15) is 43.2 Å². The quantitative estimate of drug-likeness (QED) is 0.0169. The smallest absolute Gasteiger partial charge is 0.462 e. The lowest BCUT2D eigenvalue weighted by Gasteiger charge is -2.21. The topological polar surface area (TPSA) is 237 Å². The van der Waals surface area contributed by atoms with Gasteiger partial charge in [0.1, 0.15) is 19.3 Å². The fraction of sp³-hybridized carbons (Fsp3) is 0.879. The van der Waals surface area contributed by atoms with Crippen molar-refractivity contribution in [2.75, 3.05) is 39.6 Å². The maximum Gasteiger partial charge on any atom is 0.472 e. The predicted octanol–water partition coefficient (Wildman–Crippen LogP) is 18.1. The normalized spacial score (nSPS) is 14.7. The van der Waals surface area contributed by atoms with Crippen molar-refractivity contribution in [2.24, 2.45) is 5.92 Å². The minimum Gasteiger partial charge on any atom is -0.462 e. The average molecular weight is 1250 g/mol. The molecule has 0 rings (SSSR count). The fourth-order valence-electron chi connectivity index (χ4n) is 9.36. The van der Waals surface area contributed by atoms with E-state index in [1.165, 1.54) is 109 Å². The van der Waals surface area contributed by atoms with E-state index < -0.39 is 97.5 Å². The summed E-state index contributed by atoms with van der Waals surface area (Å²) in [6.45, 7) is 7.05. The lowest BCUT2D eigenvalue weighted by molar-refractivity contribution is -0.161. The second-order valence-electron chi connectivity index (χ2n) is 23.4. The Morgan fingerprint density at radius 1 is 0.376 bits per heavy atom. The first-order chi connectivity index (χ1) is 41.1. The van der Waals surface area contributed by atoms with Crippen molar-refractivity contribution in [2.45, 2.75) is 329 Å². The van der Waals surface area contributed by atoms with Gasteiger partial charge in [-0.2, -0.15) is 0 Å². The molecule has 0 aromatic carbocycles. The summed E-state index contributed by atoms with van der Waals surface area (Å²) in [7, 11) is -9.90. The van der Waals surface area contributed by atoms with Gasteiger partial charge in [0.05, 0.1) is 26.4 Å². The van der Waals surface area contributed by atoms with Crippen molar-refractivity contribution in [3.05, 3.63) is 24.3 Å². The molecule has 3 unspecified atom stereocenters. The highest BCUT2D eigenvalue weighted by molar-refractivity contribution is 7.47. The Kier molecular flexibility index (Phi) is 57.5. The van der Waals surface area contributed by atoms with Crippen LogP contribution in [-0.4, -0.2) is 96.7 Å². The van der Waals surface area contributed by atoms with Gasteiger partial charge in [-0.05, 0) is 57.3 Å². The molecule has 0 aromatic rings. The number of rotatable bonds is 64. The first kappa shape index (κ1) is 82.5. The summed E-state index contributed by atoms with van der Waals surface area (Å²) in [4.78, 5) is 72.2. The molecule has 0 aromatic heterocycles. The molecule has 0 spiro atoms. The number of carbonyl (C=O) groups excluding carboxylic acids is 4. The molecule has 0 heterocycles. The van der Waals surface area contributed by atoms with Gasteiger partial charge in [-0.25, -0.2) is 9.13 Å². The van der Waals surface area contributed by atoms with Gasteiger partial charge in [-0.3, -0.25) is 37.3 Å². The number of hydrogen-bond acceptors (Lipinski definition) is 15. The van der Waals surface area contributed by atoms with Crippen LogP contribution in [-0.2, 0) is 65.4 Å². The van der Waals surface area contributed by atoms with E-state index in [1.807, 2.05) is 0 Å². The van der Waals surface area contributed by atoms with E-state index in [0.29, 0.717) is 25.7 Å². The molecule has 0 saturated carbocycles. The van der Waals surface area contributed by atoms with Crippen LogP contribution < -0.4 is 0 Å². The monoisotopic (exact) mass is 1250 g/mol. The number of aliphatic hydroxyl groups excluding tert-OH is 1. The van der Waals surface area contributed by atoms with Gasteiger partial charge >= 0.3 is 39.5 Å². The Balaban J connectivity index is 5.26. The zero-order chi connectivity index (χ0) is 62.8. The van der Waals surface area contributed by atoms with Gasteiger partial charge in [0.2, 0.25) is 0 Å². The minimum atomic E-state index is -4.95. The van der Waals surface area contributed by atoms with Crippen molar-refractivity contribution < 1.29 is 80.2 Å². The Hall–Kier alpha value is -2.46. The molecule has 0 fully saturated rings. The molecule has 0 amide bonds. The molecular weight excluding hydrogens is 1130 g/mol. The molecule has 0 saturated heterocycles. The summed E-state index contributed by atoms with van der Waals surface area (Å²) in [5, 5.41) is 10.5. The van der Waals surface area contributed by atoms with Crippen LogP contribution in [0.25, 0.3) is 0 Å². The number of phosphoric ester groups is 2. The van der Waals surface area contributed by atoms with Gasteiger partial charge in [0, 0.05) is 25.7 Å². The van der Waals surface area contributed by atoms with E-state index >= 15 is 0 Å². The molecular formula is C66H124O17P2. The molecule has 500 valence electrons. The van der Waals surface area contributed by atoms with E-state index in [0.717, 1.165) is 121 Å². The summed E-state index contributed by atoms with van der Waals surface area (Å²) >= 11 is 0. The van der Waals surface area contributed by atoms with Crippen molar-refractivity contribution in [3.63, 3.8) is 0 Å². The largest absolute Gasteiger partial charge is 0.472 e. The maximum absolute atomic E-state index is 13.0. The molecule has 17 nitrogen and oxygen atoms in total. The summed E-state index contributed by atoms with van der Waals surface area (Å²) in [6.07, 6.45) is 46.8. The Bertz CT molecular complexity index is 1750. The number of carbonyl (C=O) groups is 4. The third-order valence-corrected chi connectivity index (χ3v) is 16.9. The first-order valence-corrected chi connectivity index (χ1v) is 37.0. The number of phosphoric acid groups is 2. The predicted molar refractivity (Wildman–Crippen MR) is 340 cm³/mol. The molecule has 0 radical (unpaired) electrons. The lowest BCUT2D eigenvalue weighted by atomic mass is 10.00. The number of allylic oxidation sites excluding steroid dienone is 4. The second kappa shape index (κ2) is 59.2. The highest BCUT2D eigenvalue weighted by Crippen LogP contribution is 2.45. The standard InChI is InChI=1S/C66H124O17P2/c1-6-10-13-16-19-21-23-25-26-28-30-32-35-41-46-51-65(70)82-61(56-77-64(69)50-45-40-34-31-29-27-24-22-20-17-14-11-7-2)57-80-84(72,73)78-53-60(67)54-79-85(74,75)81-58-62(55-76-63(68)49-44-39-33-18-15-12-8-3)83-66(71)52-47-42-37-36-38-43-48-59(5)9-4/h21,23,25-26,59-62,67H,6-20,22,24,27-58H2,1-5H3,(H,72,73)(H,74,75)/b23-21-,26-25-/t59?,60-,61-,62-/m1/s1. The summed E-state index contributed by atoms with van der Waals surface area (Å²) in [5.41, 5.74) is 0. The van der Waals surface area contributed by atoms with E-state index in [-0.39, 0.29) is 25.7 Å². The molecule has 6 atom stereocenters. The zero-order valence-electron chi connectivity index (χ0n) is 54.2. The van der Waals surface area contributed by atoms with Gasteiger partial charge in [-0.15, -0.1) is 0 Å². The molecule has 85 heavy (non-hydrogen) atoms. The van der Waals surface area contributed by atoms with Crippen LogP contribution in [0.4, 0.5) is 0 Å². The summed E-state index contributed by atoms with van der Waals surface area (Å²) in [5.74, 6) is -1.45. The van der Waals surface area contributed by atoms with Crippen LogP contribution in [0.2, 0.25) is 0 Å². The van der Waals surface area contributed by atoms with Crippen LogP contribution in [0, 0.1) is 5.92 Å². The molecule has 19 heteroatoms. The van der Waals surface area contributed by atoms with Crippen LogP contribution in [0.3, 0.4) is 0 Å². The molecule has 0 aliphatic carbocycles. The SMILES string of the molecule is CCCCCC/C=C\C=C/CCCCCCCC(=O)O[C@H](COC(=O)CCCCCCCCCCCCCCC)COP(=O)(O)OC[C@@H](O)COP(=O)(O)OC[C@@H](COC(=O)CCCCCCCCC)OC(=O)CCCCCCCCC(C)CC. The Labute approximate surface area is 516 Å². The van der Waals surface area contributed by atoms with Gasteiger partial charge < -0.3 is 33.8 Å². The third kappa shape index (κ3) is 59.0. The molecule has 0 aliphatic heterocycles. The van der Waals surface area contributed by atoms with Crippen molar-refractivity contribution >= 4 is 39.5 Å². The van der Waals surface area contributed by atoms with Crippen molar-refractivity contribution in [1.29, 1.82) is 0 Å². The van der Waals surface area contributed by atoms with Gasteiger partial charge in [-0.1, -0.05) is 258 Å². The number of unbranched alkanes of at least 4 members (excludes halogenated alkanes) is 32. The zero-order valence-corrected chi connectivity index (χ0v) is 56.0.